The number of aromatic nitrogens is 1. The predicted octanol–water partition coefficient (Wildman–Crippen LogP) is 2.70. The lowest BCUT2D eigenvalue weighted by Gasteiger charge is -2.39. The normalized spacial score (nSPS) is 26.5. The highest BCUT2D eigenvalue weighted by atomic mass is 16.6. The number of cyclic esters (lactones) is 1. The Hall–Kier alpha value is -2.01. The van der Waals surface area contributed by atoms with Crippen molar-refractivity contribution in [1.29, 1.82) is 0 Å². The molecule has 0 unspecified atom stereocenters. The Balaban J connectivity index is 1.46. The second kappa shape index (κ2) is 6.13. The Morgan fingerprint density at radius 3 is 2.79 bits per heavy atom. The van der Waals surface area contributed by atoms with Gasteiger partial charge in [-0.15, -0.1) is 0 Å². The predicted molar refractivity (Wildman–Crippen MR) is 94.2 cm³/mol. The molecule has 2 aliphatic rings. The molecule has 1 aliphatic heterocycles. The van der Waals surface area contributed by atoms with Crippen LogP contribution < -0.4 is 5.32 Å². The molecule has 1 amide bonds. The summed E-state index contributed by atoms with van der Waals surface area (Å²) >= 11 is 0. The number of alkyl carbamates (subject to hydrolysis) is 1. The molecule has 0 radical (unpaired) electrons. The van der Waals surface area contributed by atoms with E-state index in [0.717, 1.165) is 24.8 Å². The Bertz CT molecular complexity index is 746. The van der Waals surface area contributed by atoms with Crippen LogP contribution in [0.2, 0.25) is 0 Å². The van der Waals surface area contributed by atoms with Crippen molar-refractivity contribution in [1.82, 2.24) is 15.2 Å². The number of nitrogens with one attached hydrogen (secondary N) is 2. The molecule has 1 aromatic carbocycles. The van der Waals surface area contributed by atoms with Crippen LogP contribution in [0.25, 0.3) is 10.9 Å². The largest absolute Gasteiger partial charge is 0.447 e. The maximum Gasteiger partial charge on any atom is 0.407 e. The van der Waals surface area contributed by atoms with Crippen molar-refractivity contribution in [2.75, 3.05) is 20.7 Å². The zero-order valence-electron chi connectivity index (χ0n) is 14.3. The summed E-state index contributed by atoms with van der Waals surface area (Å²) in [7, 11) is 4.34. The van der Waals surface area contributed by atoms with Crippen molar-refractivity contribution in [3.8, 4) is 0 Å². The second-order valence-corrected chi connectivity index (χ2v) is 7.50. The van der Waals surface area contributed by atoms with Crippen LogP contribution in [0.15, 0.2) is 24.4 Å². The third-order valence-electron chi connectivity index (χ3n) is 5.50. The van der Waals surface area contributed by atoms with Crippen LogP contribution in [-0.4, -0.2) is 48.8 Å². The molecular weight excluding hydrogens is 302 g/mol. The zero-order chi connectivity index (χ0) is 16.7. The van der Waals surface area contributed by atoms with Gasteiger partial charge in [0.2, 0.25) is 0 Å². The average molecular weight is 327 g/mol. The van der Waals surface area contributed by atoms with Crippen molar-refractivity contribution in [3.63, 3.8) is 0 Å². The molecule has 1 atom stereocenters. The molecule has 2 N–H and O–H groups in total. The van der Waals surface area contributed by atoms with Crippen molar-refractivity contribution in [2.24, 2.45) is 5.92 Å². The highest BCUT2D eigenvalue weighted by molar-refractivity contribution is 5.84. The topological polar surface area (TPSA) is 57.4 Å². The summed E-state index contributed by atoms with van der Waals surface area (Å²) in [5.74, 6) is 0.794. The number of benzene rings is 1. The minimum absolute atomic E-state index is 0.0878. The second-order valence-electron chi connectivity index (χ2n) is 7.50. The summed E-state index contributed by atoms with van der Waals surface area (Å²) in [6.07, 6.45) is 6.42. The van der Waals surface area contributed by atoms with Crippen LogP contribution in [0.1, 0.15) is 24.0 Å². The first-order valence-corrected chi connectivity index (χ1v) is 8.77. The van der Waals surface area contributed by atoms with E-state index in [0.29, 0.717) is 6.61 Å². The number of hydrogen-bond donors (Lipinski definition) is 2. The highest BCUT2D eigenvalue weighted by Crippen LogP contribution is 2.35. The number of nitrogens with zero attached hydrogens (tertiary/aromatic N) is 1. The van der Waals surface area contributed by atoms with Crippen molar-refractivity contribution >= 4 is 17.0 Å². The number of amides is 1. The molecule has 2 aromatic rings. The van der Waals surface area contributed by atoms with Crippen LogP contribution in [0.3, 0.4) is 0 Å². The molecule has 4 rings (SSSR count). The quantitative estimate of drug-likeness (QED) is 0.888. The molecular formula is C19H25N3O2. The van der Waals surface area contributed by atoms with Gasteiger partial charge < -0.3 is 19.9 Å². The van der Waals surface area contributed by atoms with E-state index < -0.39 is 0 Å². The first-order chi connectivity index (χ1) is 11.6. The number of aromatic amines is 1. The molecule has 2 fully saturated rings. The summed E-state index contributed by atoms with van der Waals surface area (Å²) in [6.45, 7) is 0.463. The molecule has 1 saturated heterocycles. The molecule has 1 aromatic heterocycles. The molecule has 5 heteroatoms. The number of fused-ring (bicyclic) bond motifs is 1. The van der Waals surface area contributed by atoms with E-state index in [-0.39, 0.29) is 12.1 Å². The maximum absolute atomic E-state index is 11.2. The maximum atomic E-state index is 11.2. The Labute approximate surface area is 142 Å². The molecule has 1 saturated carbocycles. The van der Waals surface area contributed by atoms with Gasteiger partial charge in [0, 0.05) is 23.1 Å². The van der Waals surface area contributed by atoms with E-state index >= 15 is 0 Å². The number of ether oxygens (including phenoxy) is 1. The lowest BCUT2D eigenvalue weighted by Crippen LogP contribution is -2.41. The van der Waals surface area contributed by atoms with Crippen molar-refractivity contribution in [3.05, 3.63) is 35.5 Å². The van der Waals surface area contributed by atoms with E-state index in [1.807, 2.05) is 0 Å². The third-order valence-corrected chi connectivity index (χ3v) is 5.50. The van der Waals surface area contributed by atoms with E-state index in [1.54, 1.807) is 0 Å². The van der Waals surface area contributed by atoms with E-state index in [2.05, 4.69) is 53.7 Å². The van der Waals surface area contributed by atoms with Gasteiger partial charge in [0.25, 0.3) is 0 Å². The molecule has 24 heavy (non-hydrogen) atoms. The van der Waals surface area contributed by atoms with Gasteiger partial charge in [-0.3, -0.25) is 0 Å². The summed E-state index contributed by atoms with van der Waals surface area (Å²) in [5, 5.41) is 4.18. The van der Waals surface area contributed by atoms with Gasteiger partial charge in [0.1, 0.15) is 6.61 Å². The van der Waals surface area contributed by atoms with Gasteiger partial charge in [0.15, 0.2) is 0 Å². The van der Waals surface area contributed by atoms with Gasteiger partial charge in [-0.1, -0.05) is 6.07 Å². The Morgan fingerprint density at radius 1 is 1.25 bits per heavy atom. The fourth-order valence-corrected chi connectivity index (χ4v) is 3.94. The van der Waals surface area contributed by atoms with Crippen LogP contribution in [0.5, 0.6) is 0 Å². The van der Waals surface area contributed by atoms with Gasteiger partial charge in [-0.2, -0.15) is 0 Å². The summed E-state index contributed by atoms with van der Waals surface area (Å²) < 4.78 is 4.98. The number of hydrogen-bond acceptors (Lipinski definition) is 3. The highest BCUT2D eigenvalue weighted by Gasteiger charge is 2.31. The van der Waals surface area contributed by atoms with Crippen molar-refractivity contribution < 1.29 is 9.53 Å². The lowest BCUT2D eigenvalue weighted by atomic mass is 9.76. The fourth-order valence-electron chi connectivity index (χ4n) is 3.94. The number of carbonyl (C=O) groups is 1. The number of H-pyrrole nitrogens is 1. The SMILES string of the molecule is CN(C)C1CC(Cc2c[nH]c3ccc(C[C@H]4COC(=O)N4)cc23)C1. The standard InChI is InChI=1S/C19H25N3O2/c1-22(2)16-7-13(8-16)5-14-10-20-18-4-3-12(9-17(14)18)6-15-11-24-19(23)21-15/h3-4,9-10,13,15-16,20H,5-8,11H2,1-2H3,(H,21,23)/t13?,15-,16?/m0/s1. The Morgan fingerprint density at radius 2 is 2.08 bits per heavy atom. The van der Waals surface area contributed by atoms with Gasteiger partial charge >= 0.3 is 6.09 Å². The minimum atomic E-state index is -0.302. The van der Waals surface area contributed by atoms with E-state index in [9.17, 15) is 4.79 Å². The van der Waals surface area contributed by atoms with Crippen LogP contribution in [-0.2, 0) is 17.6 Å². The smallest absolute Gasteiger partial charge is 0.407 e. The molecule has 0 bridgehead atoms. The number of rotatable bonds is 5. The zero-order valence-corrected chi connectivity index (χ0v) is 14.3. The first kappa shape index (κ1) is 15.5. The third kappa shape index (κ3) is 3.00. The molecule has 1 aliphatic carbocycles. The van der Waals surface area contributed by atoms with Gasteiger partial charge in [0.05, 0.1) is 6.04 Å². The average Bonchev–Trinajstić information content (AvgIpc) is 3.08. The summed E-state index contributed by atoms with van der Waals surface area (Å²) in [5.41, 5.74) is 3.86. The van der Waals surface area contributed by atoms with Crippen molar-refractivity contribution in [2.45, 2.75) is 37.8 Å². The van der Waals surface area contributed by atoms with Gasteiger partial charge in [-0.25, -0.2) is 4.79 Å². The Kier molecular flexibility index (Phi) is 3.96. The minimum Gasteiger partial charge on any atom is -0.447 e. The van der Waals surface area contributed by atoms with Gasteiger partial charge in [-0.05, 0) is 69.0 Å². The van der Waals surface area contributed by atoms with Crippen LogP contribution >= 0.6 is 0 Å². The fraction of sp³-hybridized carbons (Fsp3) is 0.526. The summed E-state index contributed by atoms with van der Waals surface area (Å²) in [6, 6.07) is 7.40. The summed E-state index contributed by atoms with van der Waals surface area (Å²) in [4.78, 5) is 16.9. The van der Waals surface area contributed by atoms with Crippen LogP contribution in [0, 0.1) is 5.92 Å². The molecule has 0 spiro atoms. The molecule has 5 nitrogen and oxygen atoms in total. The molecule has 128 valence electrons. The van der Waals surface area contributed by atoms with E-state index in [4.69, 9.17) is 4.74 Å². The number of carbonyl (C=O) groups excluding carboxylic acids is 1. The monoisotopic (exact) mass is 327 g/mol. The molecule has 2 heterocycles. The lowest BCUT2D eigenvalue weighted by molar-refractivity contribution is 0.124. The van der Waals surface area contributed by atoms with Crippen LogP contribution in [0.4, 0.5) is 4.79 Å². The first-order valence-electron chi connectivity index (χ1n) is 8.77. The van der Waals surface area contributed by atoms with E-state index in [1.165, 1.54) is 34.9 Å².